The van der Waals surface area contributed by atoms with E-state index in [0.717, 1.165) is 16.3 Å². The number of halogens is 1. The highest BCUT2D eigenvalue weighted by atomic mass is 35.5. The van der Waals surface area contributed by atoms with Crippen LogP contribution >= 0.6 is 11.6 Å². The third-order valence-corrected chi connectivity index (χ3v) is 3.20. The molecule has 0 spiro atoms. The second-order valence-corrected chi connectivity index (χ2v) is 4.99. The molecule has 18 heavy (non-hydrogen) atoms. The van der Waals surface area contributed by atoms with Crippen LogP contribution in [-0.4, -0.2) is 15.0 Å². The molecule has 0 saturated carbocycles. The van der Waals surface area contributed by atoms with Gasteiger partial charge in [0.05, 0.1) is 5.52 Å². The van der Waals surface area contributed by atoms with Gasteiger partial charge < -0.3 is 0 Å². The van der Waals surface area contributed by atoms with Crippen molar-refractivity contribution in [2.45, 2.75) is 19.8 Å². The monoisotopic (exact) mass is 257 g/mol. The molecule has 3 aromatic rings. The summed E-state index contributed by atoms with van der Waals surface area (Å²) in [5.74, 6) is 0.506. The fourth-order valence-electron chi connectivity index (χ4n) is 1.98. The highest BCUT2D eigenvalue weighted by molar-refractivity contribution is 6.28. The standard InChI is InChI=1S/C14H12ClN3/c1-8(2)9-3-4-12-10(5-9)6-11-7-16-14(15)18-13(11)17-12/h3-8H,1-2H3. The maximum absolute atomic E-state index is 5.77. The largest absolute Gasteiger partial charge is 0.228 e. The molecule has 0 atom stereocenters. The van der Waals surface area contributed by atoms with E-state index in [1.165, 1.54) is 5.56 Å². The number of fused-ring (bicyclic) bond motifs is 2. The van der Waals surface area contributed by atoms with Crippen LogP contribution in [0.3, 0.4) is 0 Å². The molecule has 0 unspecified atom stereocenters. The molecule has 1 aromatic carbocycles. The van der Waals surface area contributed by atoms with E-state index in [9.17, 15) is 0 Å². The molecule has 0 aliphatic heterocycles. The minimum absolute atomic E-state index is 0.230. The summed E-state index contributed by atoms with van der Waals surface area (Å²) in [6.45, 7) is 4.36. The first-order valence-electron chi connectivity index (χ1n) is 5.86. The summed E-state index contributed by atoms with van der Waals surface area (Å²) in [6.07, 6.45) is 1.71. The number of hydrogen-bond donors (Lipinski definition) is 0. The number of hydrogen-bond acceptors (Lipinski definition) is 3. The molecule has 0 bridgehead atoms. The SMILES string of the molecule is CC(C)c1ccc2nc3nc(Cl)ncc3cc2c1. The highest BCUT2D eigenvalue weighted by Crippen LogP contribution is 2.23. The number of pyridine rings is 1. The van der Waals surface area contributed by atoms with E-state index < -0.39 is 0 Å². The summed E-state index contributed by atoms with van der Waals surface area (Å²) in [7, 11) is 0. The molecule has 2 heterocycles. The topological polar surface area (TPSA) is 38.7 Å². The Kier molecular flexibility index (Phi) is 2.63. The van der Waals surface area contributed by atoms with Crippen LogP contribution in [0.4, 0.5) is 0 Å². The van der Waals surface area contributed by atoms with Crippen molar-refractivity contribution in [3.63, 3.8) is 0 Å². The van der Waals surface area contributed by atoms with Crippen LogP contribution in [0.2, 0.25) is 5.28 Å². The highest BCUT2D eigenvalue weighted by Gasteiger charge is 2.05. The van der Waals surface area contributed by atoms with Gasteiger partial charge in [-0.1, -0.05) is 19.9 Å². The van der Waals surface area contributed by atoms with Gasteiger partial charge in [0.15, 0.2) is 5.65 Å². The minimum Gasteiger partial charge on any atom is -0.228 e. The van der Waals surface area contributed by atoms with Crippen molar-refractivity contribution < 1.29 is 0 Å². The van der Waals surface area contributed by atoms with Gasteiger partial charge >= 0.3 is 0 Å². The van der Waals surface area contributed by atoms with E-state index >= 15 is 0 Å². The zero-order valence-electron chi connectivity index (χ0n) is 10.2. The summed E-state index contributed by atoms with van der Waals surface area (Å²) < 4.78 is 0. The Morgan fingerprint density at radius 1 is 1.06 bits per heavy atom. The number of nitrogens with zero attached hydrogens (tertiary/aromatic N) is 3. The fourth-order valence-corrected chi connectivity index (χ4v) is 2.11. The Morgan fingerprint density at radius 3 is 2.67 bits per heavy atom. The second kappa shape index (κ2) is 4.18. The normalized spacial score (nSPS) is 11.6. The first kappa shape index (κ1) is 11.4. The third-order valence-electron chi connectivity index (χ3n) is 3.02. The number of rotatable bonds is 1. The molecule has 0 amide bonds. The molecule has 3 rings (SSSR count). The van der Waals surface area contributed by atoms with Crippen molar-refractivity contribution in [1.82, 2.24) is 15.0 Å². The Balaban J connectivity index is 2.31. The minimum atomic E-state index is 0.230. The van der Waals surface area contributed by atoms with Crippen molar-refractivity contribution in [3.8, 4) is 0 Å². The molecule has 0 saturated heterocycles. The zero-order chi connectivity index (χ0) is 12.7. The second-order valence-electron chi connectivity index (χ2n) is 4.65. The van der Waals surface area contributed by atoms with Crippen LogP contribution in [0.25, 0.3) is 21.9 Å². The van der Waals surface area contributed by atoms with E-state index in [4.69, 9.17) is 11.6 Å². The summed E-state index contributed by atoms with van der Waals surface area (Å²) in [4.78, 5) is 12.6. The lowest BCUT2D eigenvalue weighted by molar-refractivity contribution is 0.868. The predicted molar refractivity (Wildman–Crippen MR) is 73.9 cm³/mol. The maximum Gasteiger partial charge on any atom is 0.224 e. The van der Waals surface area contributed by atoms with Crippen molar-refractivity contribution in [1.29, 1.82) is 0 Å². The van der Waals surface area contributed by atoms with Crippen molar-refractivity contribution in [2.75, 3.05) is 0 Å². The van der Waals surface area contributed by atoms with Crippen LogP contribution in [0.5, 0.6) is 0 Å². The Bertz CT molecular complexity index is 738. The van der Waals surface area contributed by atoms with Crippen LogP contribution in [0.1, 0.15) is 25.3 Å². The van der Waals surface area contributed by atoms with Gasteiger partial charge in [-0.2, -0.15) is 4.98 Å². The van der Waals surface area contributed by atoms with Crippen LogP contribution in [0.15, 0.2) is 30.5 Å². The van der Waals surface area contributed by atoms with E-state index in [2.05, 4.69) is 47.0 Å². The van der Waals surface area contributed by atoms with Gasteiger partial charge in [0.1, 0.15) is 0 Å². The van der Waals surface area contributed by atoms with Crippen molar-refractivity contribution >= 4 is 33.5 Å². The molecule has 0 fully saturated rings. The number of benzene rings is 1. The van der Waals surface area contributed by atoms with Gasteiger partial charge in [-0.3, -0.25) is 0 Å². The summed E-state index contributed by atoms with van der Waals surface area (Å²) in [6, 6.07) is 8.36. The summed E-state index contributed by atoms with van der Waals surface area (Å²) in [5.41, 5.74) is 2.87. The van der Waals surface area contributed by atoms with Gasteiger partial charge in [0.2, 0.25) is 5.28 Å². The third kappa shape index (κ3) is 1.91. The molecule has 0 radical (unpaired) electrons. The van der Waals surface area contributed by atoms with E-state index in [1.807, 2.05) is 6.07 Å². The predicted octanol–water partition coefficient (Wildman–Crippen LogP) is 3.95. The van der Waals surface area contributed by atoms with Crippen LogP contribution < -0.4 is 0 Å². The van der Waals surface area contributed by atoms with Crippen LogP contribution in [-0.2, 0) is 0 Å². The first-order valence-corrected chi connectivity index (χ1v) is 6.24. The van der Waals surface area contributed by atoms with Gasteiger partial charge in [-0.25, -0.2) is 9.97 Å². The van der Waals surface area contributed by atoms with E-state index in [-0.39, 0.29) is 5.28 Å². The Labute approximate surface area is 110 Å². The van der Waals surface area contributed by atoms with Crippen LogP contribution in [0, 0.1) is 0 Å². The first-order chi connectivity index (χ1) is 8.63. The summed E-state index contributed by atoms with van der Waals surface area (Å²) in [5, 5.41) is 2.25. The maximum atomic E-state index is 5.77. The fraction of sp³-hybridized carbons (Fsp3) is 0.214. The smallest absolute Gasteiger partial charge is 0.224 e. The van der Waals surface area contributed by atoms with Gasteiger partial charge in [-0.05, 0) is 41.3 Å². The van der Waals surface area contributed by atoms with E-state index in [1.54, 1.807) is 6.20 Å². The molecule has 90 valence electrons. The molecule has 0 N–H and O–H groups in total. The molecule has 3 nitrogen and oxygen atoms in total. The Hall–Kier alpha value is -1.74. The number of aromatic nitrogens is 3. The molecule has 0 aliphatic carbocycles. The lowest BCUT2D eigenvalue weighted by Gasteiger charge is -2.07. The average molecular weight is 258 g/mol. The van der Waals surface area contributed by atoms with Crippen molar-refractivity contribution in [2.24, 2.45) is 0 Å². The lowest BCUT2D eigenvalue weighted by atomic mass is 10.0. The van der Waals surface area contributed by atoms with Gasteiger partial charge in [0, 0.05) is 17.0 Å². The molecular formula is C14H12ClN3. The zero-order valence-corrected chi connectivity index (χ0v) is 10.9. The van der Waals surface area contributed by atoms with E-state index in [0.29, 0.717) is 11.6 Å². The quantitative estimate of drug-likeness (QED) is 0.489. The molecule has 0 aliphatic rings. The summed E-state index contributed by atoms with van der Waals surface area (Å²) >= 11 is 5.77. The average Bonchev–Trinajstić information content (AvgIpc) is 2.35. The van der Waals surface area contributed by atoms with Gasteiger partial charge in [-0.15, -0.1) is 0 Å². The van der Waals surface area contributed by atoms with Gasteiger partial charge in [0.25, 0.3) is 0 Å². The molecule has 2 aromatic heterocycles. The van der Waals surface area contributed by atoms with Crippen molar-refractivity contribution in [3.05, 3.63) is 41.3 Å². The molecular weight excluding hydrogens is 246 g/mol. The lowest BCUT2D eigenvalue weighted by Crippen LogP contribution is -1.91. The molecule has 4 heteroatoms. The Morgan fingerprint density at radius 2 is 1.89 bits per heavy atom.